The molecule has 0 unspecified atom stereocenters. The van der Waals surface area contributed by atoms with E-state index < -0.39 is 6.10 Å². The summed E-state index contributed by atoms with van der Waals surface area (Å²) in [5.41, 5.74) is 0.981. The van der Waals surface area contributed by atoms with Crippen LogP contribution in [-0.4, -0.2) is 43.6 Å². The summed E-state index contributed by atoms with van der Waals surface area (Å²) in [4.78, 5) is 12.0. The molecule has 0 radical (unpaired) electrons. The molecule has 6 nitrogen and oxygen atoms in total. The fourth-order valence-electron chi connectivity index (χ4n) is 2.41. The maximum atomic E-state index is 12.0. The number of carbonyl (C=O) groups excluding carboxylic acids is 1. The van der Waals surface area contributed by atoms with Gasteiger partial charge in [-0.05, 0) is 12.0 Å². The van der Waals surface area contributed by atoms with Crippen LogP contribution in [0, 0.1) is 5.92 Å². The van der Waals surface area contributed by atoms with E-state index in [2.05, 4.69) is 10.6 Å². The first kappa shape index (κ1) is 17.6. The average molecular weight is 322 g/mol. The van der Waals surface area contributed by atoms with Crippen molar-refractivity contribution in [1.82, 2.24) is 10.6 Å². The molecule has 1 aromatic carbocycles. The van der Waals surface area contributed by atoms with Gasteiger partial charge in [-0.25, -0.2) is 4.79 Å². The van der Waals surface area contributed by atoms with E-state index >= 15 is 0 Å². The molecule has 0 aromatic heterocycles. The van der Waals surface area contributed by atoms with Crippen molar-refractivity contribution in [2.75, 3.05) is 26.4 Å². The third-order valence-electron chi connectivity index (χ3n) is 3.52. The number of ether oxygens (including phenoxy) is 2. The molecule has 1 aromatic rings. The van der Waals surface area contributed by atoms with Gasteiger partial charge in [-0.3, -0.25) is 0 Å². The highest BCUT2D eigenvalue weighted by Gasteiger charge is 2.22. The normalized spacial score (nSPS) is 18.0. The Kier molecular flexibility index (Phi) is 6.67. The lowest BCUT2D eigenvalue weighted by molar-refractivity contribution is 0.0272. The molecule has 3 N–H and O–H groups in total. The van der Waals surface area contributed by atoms with Crippen LogP contribution in [0.5, 0.6) is 5.75 Å². The number of urea groups is 1. The van der Waals surface area contributed by atoms with Crippen LogP contribution in [-0.2, 0) is 4.74 Å². The van der Waals surface area contributed by atoms with Crippen LogP contribution in [0.2, 0.25) is 0 Å². The monoisotopic (exact) mass is 322 g/mol. The zero-order chi connectivity index (χ0) is 16.7. The van der Waals surface area contributed by atoms with Gasteiger partial charge in [0.2, 0.25) is 0 Å². The molecule has 0 saturated heterocycles. The van der Waals surface area contributed by atoms with E-state index in [0.29, 0.717) is 19.1 Å². The first-order chi connectivity index (χ1) is 11.1. The van der Waals surface area contributed by atoms with E-state index in [4.69, 9.17) is 9.47 Å². The molecule has 2 amide bonds. The molecule has 23 heavy (non-hydrogen) atoms. The molecule has 6 heteroatoms. The summed E-state index contributed by atoms with van der Waals surface area (Å²) in [5.74, 6) is 1.23. The first-order valence-corrected chi connectivity index (χ1v) is 8.08. The quantitative estimate of drug-likeness (QED) is 0.716. The smallest absolute Gasteiger partial charge is 0.315 e. The minimum atomic E-state index is -0.707. The molecular weight excluding hydrogens is 296 g/mol. The molecule has 1 aliphatic rings. The van der Waals surface area contributed by atoms with E-state index in [1.807, 2.05) is 38.1 Å². The third-order valence-corrected chi connectivity index (χ3v) is 3.52. The summed E-state index contributed by atoms with van der Waals surface area (Å²) in [6.45, 7) is 5.65. The molecule has 128 valence electrons. The van der Waals surface area contributed by atoms with Crippen molar-refractivity contribution in [3.63, 3.8) is 0 Å². The lowest BCUT2D eigenvalue weighted by Crippen LogP contribution is -2.43. The number of amides is 2. The average Bonchev–Trinajstić information content (AvgIpc) is 2.53. The first-order valence-electron chi connectivity index (χ1n) is 8.08. The summed E-state index contributed by atoms with van der Waals surface area (Å²) in [7, 11) is 0. The maximum Gasteiger partial charge on any atom is 0.315 e. The van der Waals surface area contributed by atoms with Gasteiger partial charge in [0.1, 0.15) is 5.75 Å². The molecule has 0 bridgehead atoms. The van der Waals surface area contributed by atoms with Crippen LogP contribution >= 0.6 is 0 Å². The summed E-state index contributed by atoms with van der Waals surface area (Å²) in [6, 6.07) is 7.32. The molecule has 0 spiro atoms. The Morgan fingerprint density at radius 3 is 2.96 bits per heavy atom. The van der Waals surface area contributed by atoms with Crippen LogP contribution in [0.15, 0.2) is 24.3 Å². The second-order valence-corrected chi connectivity index (χ2v) is 6.17. The molecule has 2 atom stereocenters. The number of hydrogen-bond donors (Lipinski definition) is 3. The van der Waals surface area contributed by atoms with Crippen molar-refractivity contribution in [2.24, 2.45) is 5.92 Å². The summed E-state index contributed by atoms with van der Waals surface area (Å²) in [6.07, 6.45) is 0.0197. The Morgan fingerprint density at radius 1 is 1.39 bits per heavy atom. The minimum absolute atomic E-state index is 0.0747. The number of aliphatic hydroxyl groups excluding tert-OH is 1. The Hall–Kier alpha value is -1.79. The highest BCUT2D eigenvalue weighted by molar-refractivity contribution is 5.74. The SMILES string of the molecule is CC(C)COC[C@@H](O)CNC(=O)N[C@H]1CCOc2ccccc21. The Morgan fingerprint density at radius 2 is 2.17 bits per heavy atom. The summed E-state index contributed by atoms with van der Waals surface area (Å²) < 4.78 is 10.9. The number of hydrogen-bond acceptors (Lipinski definition) is 4. The van der Waals surface area contributed by atoms with Crippen LogP contribution < -0.4 is 15.4 Å². The van der Waals surface area contributed by atoms with Crippen LogP contribution in [0.3, 0.4) is 0 Å². The van der Waals surface area contributed by atoms with Crippen LogP contribution in [0.4, 0.5) is 4.79 Å². The van der Waals surface area contributed by atoms with Gasteiger partial charge in [0.15, 0.2) is 0 Å². The molecule has 0 aliphatic carbocycles. The Labute approximate surface area is 137 Å². The van der Waals surface area contributed by atoms with E-state index in [0.717, 1.165) is 17.7 Å². The lowest BCUT2D eigenvalue weighted by atomic mass is 10.0. The minimum Gasteiger partial charge on any atom is -0.493 e. The summed E-state index contributed by atoms with van der Waals surface area (Å²) >= 11 is 0. The molecule has 0 saturated carbocycles. The van der Waals surface area contributed by atoms with Gasteiger partial charge in [-0.2, -0.15) is 0 Å². The van der Waals surface area contributed by atoms with Crippen molar-refractivity contribution in [1.29, 1.82) is 0 Å². The van der Waals surface area contributed by atoms with Crippen molar-refractivity contribution in [3.8, 4) is 5.75 Å². The largest absolute Gasteiger partial charge is 0.493 e. The highest BCUT2D eigenvalue weighted by Crippen LogP contribution is 2.31. The molecule has 0 fully saturated rings. The molecular formula is C17H26N2O4. The lowest BCUT2D eigenvalue weighted by Gasteiger charge is -2.26. The summed E-state index contributed by atoms with van der Waals surface area (Å²) in [5, 5.41) is 15.4. The third kappa shape index (κ3) is 5.73. The van der Waals surface area contributed by atoms with E-state index in [9.17, 15) is 9.90 Å². The van der Waals surface area contributed by atoms with Crippen LogP contribution in [0.25, 0.3) is 0 Å². The van der Waals surface area contributed by atoms with E-state index in [1.54, 1.807) is 0 Å². The van der Waals surface area contributed by atoms with Crippen LogP contribution in [0.1, 0.15) is 31.9 Å². The standard InChI is InChI=1S/C17H26N2O4/c1-12(2)10-22-11-13(20)9-18-17(21)19-15-7-8-23-16-6-4-3-5-14(15)16/h3-6,12-13,15,20H,7-11H2,1-2H3,(H2,18,19,21)/t13-,15-/m0/s1. The maximum absolute atomic E-state index is 12.0. The number of rotatable bonds is 7. The number of para-hydroxylation sites is 1. The number of carbonyl (C=O) groups is 1. The molecule has 2 rings (SSSR count). The second kappa shape index (κ2) is 8.74. The zero-order valence-electron chi connectivity index (χ0n) is 13.7. The van der Waals surface area contributed by atoms with E-state index in [-0.39, 0.29) is 25.2 Å². The fraction of sp³-hybridized carbons (Fsp3) is 0.588. The Bertz CT molecular complexity index is 507. The Balaban J connectivity index is 1.73. The number of benzene rings is 1. The van der Waals surface area contributed by atoms with Crippen molar-refractivity contribution in [2.45, 2.75) is 32.4 Å². The molecule has 1 aliphatic heterocycles. The fourth-order valence-corrected chi connectivity index (χ4v) is 2.41. The van der Waals surface area contributed by atoms with Gasteiger partial charge in [-0.15, -0.1) is 0 Å². The predicted octanol–water partition coefficient (Wildman–Crippen LogP) is 1.84. The number of nitrogens with one attached hydrogen (secondary N) is 2. The molecule has 1 heterocycles. The van der Waals surface area contributed by atoms with Crippen molar-refractivity contribution in [3.05, 3.63) is 29.8 Å². The zero-order valence-corrected chi connectivity index (χ0v) is 13.7. The van der Waals surface area contributed by atoms with Gasteiger partial charge in [-0.1, -0.05) is 32.0 Å². The van der Waals surface area contributed by atoms with Crippen molar-refractivity contribution >= 4 is 6.03 Å². The van der Waals surface area contributed by atoms with Crippen molar-refractivity contribution < 1.29 is 19.4 Å². The second-order valence-electron chi connectivity index (χ2n) is 6.17. The van der Waals surface area contributed by atoms with Gasteiger partial charge in [0, 0.05) is 25.1 Å². The van der Waals surface area contributed by atoms with E-state index in [1.165, 1.54) is 0 Å². The topological polar surface area (TPSA) is 79.8 Å². The number of fused-ring (bicyclic) bond motifs is 1. The van der Waals surface area contributed by atoms with Gasteiger partial charge < -0.3 is 25.2 Å². The highest BCUT2D eigenvalue weighted by atomic mass is 16.5. The number of aliphatic hydroxyl groups is 1. The van der Waals surface area contributed by atoms with Gasteiger partial charge in [0.25, 0.3) is 0 Å². The predicted molar refractivity (Wildman–Crippen MR) is 87.5 cm³/mol. The van der Waals surface area contributed by atoms with Gasteiger partial charge in [0.05, 0.1) is 25.4 Å². The van der Waals surface area contributed by atoms with Gasteiger partial charge >= 0.3 is 6.03 Å².